The summed E-state index contributed by atoms with van der Waals surface area (Å²) in [5, 5.41) is 0. The van der Waals surface area contributed by atoms with E-state index in [2.05, 4.69) is 14.9 Å². The zero-order chi connectivity index (χ0) is 12.1. The molecule has 1 saturated heterocycles. The minimum Gasteiger partial charge on any atom is -0.467 e. The highest BCUT2D eigenvalue weighted by Crippen LogP contribution is 2.14. The van der Waals surface area contributed by atoms with Crippen LogP contribution in [0.15, 0.2) is 6.07 Å². The van der Waals surface area contributed by atoms with Crippen LogP contribution in [0.4, 0.5) is 0 Å². The highest BCUT2D eigenvalue weighted by Gasteiger charge is 2.11. The van der Waals surface area contributed by atoms with Crippen LogP contribution in [0.1, 0.15) is 37.1 Å². The summed E-state index contributed by atoms with van der Waals surface area (Å²) < 4.78 is 5.11. The molecule has 1 aliphatic heterocycles. The fraction of sp³-hybridized carbons (Fsp3) is 0.692. The number of rotatable bonds is 3. The predicted molar refractivity (Wildman–Crippen MR) is 67.1 cm³/mol. The Morgan fingerprint density at radius 1 is 1.18 bits per heavy atom. The predicted octanol–water partition coefficient (Wildman–Crippen LogP) is 2.17. The molecule has 0 aromatic carbocycles. The van der Waals surface area contributed by atoms with Gasteiger partial charge < -0.3 is 4.74 Å². The normalized spacial score (nSPS) is 17.8. The van der Waals surface area contributed by atoms with Crippen LogP contribution in [0.5, 0.6) is 6.01 Å². The summed E-state index contributed by atoms with van der Waals surface area (Å²) in [6.45, 7) is 5.27. The fourth-order valence-electron chi connectivity index (χ4n) is 2.30. The summed E-state index contributed by atoms with van der Waals surface area (Å²) >= 11 is 0. The van der Waals surface area contributed by atoms with Crippen molar-refractivity contribution in [1.82, 2.24) is 14.9 Å². The van der Waals surface area contributed by atoms with Crippen LogP contribution in [0, 0.1) is 6.92 Å². The van der Waals surface area contributed by atoms with Gasteiger partial charge in [-0.3, -0.25) is 4.90 Å². The second kappa shape index (κ2) is 5.96. The average Bonchev–Trinajstić information content (AvgIpc) is 2.57. The van der Waals surface area contributed by atoms with Gasteiger partial charge in [-0.25, -0.2) is 4.98 Å². The molecule has 1 aromatic rings. The quantitative estimate of drug-likeness (QED) is 0.804. The fourth-order valence-corrected chi connectivity index (χ4v) is 2.30. The monoisotopic (exact) mass is 235 g/mol. The zero-order valence-corrected chi connectivity index (χ0v) is 10.8. The van der Waals surface area contributed by atoms with Crippen molar-refractivity contribution in [3.63, 3.8) is 0 Å². The van der Waals surface area contributed by atoms with Crippen molar-refractivity contribution in [2.75, 3.05) is 20.2 Å². The molecule has 17 heavy (non-hydrogen) atoms. The molecular formula is C13H21N3O. The molecule has 2 rings (SSSR count). The second-order valence-electron chi connectivity index (χ2n) is 4.68. The van der Waals surface area contributed by atoms with Crippen molar-refractivity contribution in [2.45, 2.75) is 39.2 Å². The van der Waals surface area contributed by atoms with Gasteiger partial charge in [0.2, 0.25) is 0 Å². The van der Waals surface area contributed by atoms with Gasteiger partial charge in [-0.2, -0.15) is 4.98 Å². The number of methoxy groups -OCH3 is 1. The molecule has 0 unspecified atom stereocenters. The summed E-state index contributed by atoms with van der Waals surface area (Å²) in [6.07, 6.45) is 5.34. The van der Waals surface area contributed by atoms with E-state index in [1.165, 1.54) is 38.8 Å². The van der Waals surface area contributed by atoms with Crippen LogP contribution in [0.3, 0.4) is 0 Å². The van der Waals surface area contributed by atoms with E-state index in [0.717, 1.165) is 17.9 Å². The largest absolute Gasteiger partial charge is 0.467 e. The number of ether oxygens (including phenoxy) is 1. The minimum atomic E-state index is 0.481. The Kier molecular flexibility index (Phi) is 4.31. The third-order valence-corrected chi connectivity index (χ3v) is 3.15. The molecule has 94 valence electrons. The summed E-state index contributed by atoms with van der Waals surface area (Å²) in [5.41, 5.74) is 2.04. The van der Waals surface area contributed by atoms with Gasteiger partial charge in [0.15, 0.2) is 0 Å². The van der Waals surface area contributed by atoms with Crippen LogP contribution < -0.4 is 4.74 Å². The number of aryl methyl sites for hydroxylation is 1. The first-order valence-corrected chi connectivity index (χ1v) is 6.39. The summed E-state index contributed by atoms with van der Waals surface area (Å²) in [6, 6.07) is 2.53. The molecule has 1 aromatic heterocycles. The number of hydrogen-bond acceptors (Lipinski definition) is 4. The van der Waals surface area contributed by atoms with E-state index in [0.29, 0.717) is 6.01 Å². The number of likely N-dealkylation sites (tertiary alicyclic amines) is 1. The molecule has 0 aliphatic carbocycles. The van der Waals surface area contributed by atoms with Gasteiger partial charge in [0.05, 0.1) is 12.8 Å². The van der Waals surface area contributed by atoms with Crippen molar-refractivity contribution in [1.29, 1.82) is 0 Å². The van der Waals surface area contributed by atoms with Crippen molar-refractivity contribution in [2.24, 2.45) is 0 Å². The van der Waals surface area contributed by atoms with E-state index in [4.69, 9.17) is 4.74 Å². The number of aromatic nitrogens is 2. The Bertz CT molecular complexity index is 360. The van der Waals surface area contributed by atoms with Gasteiger partial charge in [0.1, 0.15) is 0 Å². The van der Waals surface area contributed by atoms with Gasteiger partial charge in [-0.05, 0) is 38.9 Å². The topological polar surface area (TPSA) is 38.2 Å². The Balaban J connectivity index is 2.03. The minimum absolute atomic E-state index is 0.481. The lowest BCUT2D eigenvalue weighted by molar-refractivity contribution is 0.271. The molecule has 4 nitrogen and oxygen atoms in total. The van der Waals surface area contributed by atoms with Crippen molar-refractivity contribution in [3.05, 3.63) is 17.5 Å². The van der Waals surface area contributed by atoms with Crippen LogP contribution in [-0.2, 0) is 6.54 Å². The van der Waals surface area contributed by atoms with Crippen LogP contribution in [0.25, 0.3) is 0 Å². The Morgan fingerprint density at radius 3 is 2.53 bits per heavy atom. The molecule has 0 atom stereocenters. The highest BCUT2D eigenvalue weighted by atomic mass is 16.5. The van der Waals surface area contributed by atoms with E-state index < -0.39 is 0 Å². The van der Waals surface area contributed by atoms with E-state index in [1.807, 2.05) is 13.0 Å². The lowest BCUT2D eigenvalue weighted by Gasteiger charge is -2.19. The standard InChI is InChI=1S/C13H21N3O/c1-11-9-12(15-13(14-11)17-2)10-16-7-5-3-4-6-8-16/h9H,3-8,10H2,1-2H3. The van der Waals surface area contributed by atoms with Crippen LogP contribution >= 0.6 is 0 Å². The third-order valence-electron chi connectivity index (χ3n) is 3.15. The molecule has 1 aliphatic rings. The van der Waals surface area contributed by atoms with Gasteiger partial charge in [0.25, 0.3) is 0 Å². The Morgan fingerprint density at radius 2 is 1.88 bits per heavy atom. The Labute approximate surface area is 103 Å². The molecule has 2 heterocycles. The molecule has 4 heteroatoms. The first-order chi connectivity index (χ1) is 8.28. The maximum absolute atomic E-state index is 5.11. The average molecular weight is 235 g/mol. The van der Waals surface area contributed by atoms with Gasteiger partial charge >= 0.3 is 6.01 Å². The van der Waals surface area contributed by atoms with E-state index >= 15 is 0 Å². The first kappa shape index (κ1) is 12.3. The second-order valence-corrected chi connectivity index (χ2v) is 4.68. The van der Waals surface area contributed by atoms with E-state index in [-0.39, 0.29) is 0 Å². The highest BCUT2D eigenvalue weighted by molar-refractivity contribution is 5.12. The number of hydrogen-bond donors (Lipinski definition) is 0. The summed E-state index contributed by atoms with van der Waals surface area (Å²) in [7, 11) is 1.62. The van der Waals surface area contributed by atoms with Crippen LogP contribution in [0.2, 0.25) is 0 Å². The molecule has 0 spiro atoms. The van der Waals surface area contributed by atoms with E-state index in [9.17, 15) is 0 Å². The van der Waals surface area contributed by atoms with Crippen LogP contribution in [-0.4, -0.2) is 35.1 Å². The van der Waals surface area contributed by atoms with Gasteiger partial charge in [-0.15, -0.1) is 0 Å². The summed E-state index contributed by atoms with van der Waals surface area (Å²) in [5.74, 6) is 0. The Hall–Kier alpha value is -1.16. The first-order valence-electron chi connectivity index (χ1n) is 6.39. The number of nitrogens with zero attached hydrogens (tertiary/aromatic N) is 3. The molecule has 0 bridgehead atoms. The maximum atomic E-state index is 5.11. The maximum Gasteiger partial charge on any atom is 0.316 e. The lowest BCUT2D eigenvalue weighted by Crippen LogP contribution is -2.24. The SMILES string of the molecule is COc1nc(C)cc(CN2CCCCCC2)n1. The zero-order valence-electron chi connectivity index (χ0n) is 10.8. The molecule has 0 amide bonds. The van der Waals surface area contributed by atoms with Crippen molar-refractivity contribution in [3.8, 4) is 6.01 Å². The molecule has 0 N–H and O–H groups in total. The van der Waals surface area contributed by atoms with Gasteiger partial charge in [-0.1, -0.05) is 12.8 Å². The molecule has 0 radical (unpaired) electrons. The van der Waals surface area contributed by atoms with Crippen molar-refractivity contribution < 1.29 is 4.74 Å². The molecule has 1 fully saturated rings. The molecule has 0 saturated carbocycles. The summed E-state index contributed by atoms with van der Waals surface area (Å²) in [4.78, 5) is 11.1. The van der Waals surface area contributed by atoms with E-state index in [1.54, 1.807) is 7.11 Å². The molecular weight excluding hydrogens is 214 g/mol. The lowest BCUT2D eigenvalue weighted by atomic mass is 10.2. The third kappa shape index (κ3) is 3.66. The van der Waals surface area contributed by atoms with Crippen molar-refractivity contribution >= 4 is 0 Å². The van der Waals surface area contributed by atoms with Gasteiger partial charge in [0, 0.05) is 12.2 Å². The smallest absolute Gasteiger partial charge is 0.316 e.